The largest absolute Gasteiger partial charge is 0.354 e. The Balaban J connectivity index is 1.51. The van der Waals surface area contributed by atoms with Crippen molar-refractivity contribution in [2.75, 3.05) is 43.4 Å². The van der Waals surface area contributed by atoms with Crippen LogP contribution < -0.4 is 10.2 Å². The van der Waals surface area contributed by atoms with Gasteiger partial charge in [-0.15, -0.1) is 0 Å². The molecule has 5 rings (SSSR count). The van der Waals surface area contributed by atoms with E-state index in [4.69, 9.17) is 4.98 Å². The molecule has 1 N–H and O–H groups in total. The maximum Gasteiger partial charge on any atom is 0.274 e. The Morgan fingerprint density at radius 2 is 1.75 bits per heavy atom. The van der Waals surface area contributed by atoms with E-state index in [0.29, 0.717) is 11.5 Å². The van der Waals surface area contributed by atoms with Gasteiger partial charge in [-0.1, -0.05) is 36.4 Å². The van der Waals surface area contributed by atoms with E-state index >= 15 is 0 Å². The van der Waals surface area contributed by atoms with Crippen LogP contribution in [-0.2, 0) is 0 Å². The molecule has 4 aromatic rings. The second-order valence-corrected chi connectivity index (χ2v) is 7.95. The van der Waals surface area contributed by atoms with E-state index in [1.807, 2.05) is 54.6 Å². The van der Waals surface area contributed by atoms with Crippen LogP contribution in [0, 0.1) is 0 Å². The van der Waals surface area contributed by atoms with Gasteiger partial charge in [-0.2, -0.15) is 0 Å². The molecular formula is C25H24N6O. The normalized spacial score (nSPS) is 14.5. The lowest BCUT2D eigenvalue weighted by molar-refractivity contribution is 0.102. The van der Waals surface area contributed by atoms with E-state index in [1.54, 1.807) is 18.5 Å². The SMILES string of the molecule is CN1CCN(c2cc(C(=O)Nc3cccc4ccccc34)nc(-c3cccnc3)n2)CC1. The van der Waals surface area contributed by atoms with Gasteiger partial charge in [-0.05, 0) is 30.6 Å². The number of fused-ring (bicyclic) bond motifs is 1. The van der Waals surface area contributed by atoms with Crippen LogP contribution in [0.2, 0.25) is 0 Å². The van der Waals surface area contributed by atoms with Crippen LogP contribution in [0.5, 0.6) is 0 Å². The average Bonchev–Trinajstić information content (AvgIpc) is 2.85. The van der Waals surface area contributed by atoms with Crippen LogP contribution in [0.25, 0.3) is 22.2 Å². The molecule has 160 valence electrons. The third-order valence-corrected chi connectivity index (χ3v) is 5.73. The summed E-state index contributed by atoms with van der Waals surface area (Å²) in [6.45, 7) is 3.60. The van der Waals surface area contributed by atoms with E-state index < -0.39 is 0 Å². The number of hydrogen-bond acceptors (Lipinski definition) is 6. The maximum atomic E-state index is 13.3. The van der Waals surface area contributed by atoms with Crippen molar-refractivity contribution in [1.82, 2.24) is 19.9 Å². The first-order valence-corrected chi connectivity index (χ1v) is 10.7. The zero-order valence-corrected chi connectivity index (χ0v) is 17.9. The Kier molecular flexibility index (Phi) is 5.47. The Morgan fingerprint density at radius 1 is 0.938 bits per heavy atom. The molecule has 0 spiro atoms. The molecule has 0 bridgehead atoms. The standard InChI is InChI=1S/C25H24N6O/c1-30-12-14-31(15-13-30)23-16-22(27-24(29-23)19-8-5-11-26-17-19)25(32)28-21-10-4-7-18-6-2-3-9-20(18)21/h2-11,16-17H,12-15H2,1H3,(H,28,32). The number of rotatable bonds is 4. The van der Waals surface area contributed by atoms with Crippen LogP contribution in [-0.4, -0.2) is 59.0 Å². The molecule has 1 aliphatic heterocycles. The van der Waals surface area contributed by atoms with Gasteiger partial charge in [-0.3, -0.25) is 9.78 Å². The van der Waals surface area contributed by atoms with Gasteiger partial charge in [0.05, 0.1) is 0 Å². The lowest BCUT2D eigenvalue weighted by Crippen LogP contribution is -2.45. The molecule has 2 aromatic heterocycles. The summed E-state index contributed by atoms with van der Waals surface area (Å²) < 4.78 is 0. The molecule has 0 atom stereocenters. The number of piperazine rings is 1. The molecule has 3 heterocycles. The Hall–Kier alpha value is -3.84. The van der Waals surface area contributed by atoms with Crippen LogP contribution in [0.15, 0.2) is 73.1 Å². The van der Waals surface area contributed by atoms with Gasteiger partial charge in [0.25, 0.3) is 5.91 Å². The fourth-order valence-corrected chi connectivity index (χ4v) is 3.89. The highest BCUT2D eigenvalue weighted by atomic mass is 16.1. The average molecular weight is 425 g/mol. The van der Waals surface area contributed by atoms with E-state index in [0.717, 1.165) is 54.0 Å². The Morgan fingerprint density at radius 3 is 2.56 bits per heavy atom. The van der Waals surface area contributed by atoms with Crippen molar-refractivity contribution in [3.05, 3.63) is 78.8 Å². The molecule has 7 heteroatoms. The summed E-state index contributed by atoms with van der Waals surface area (Å²) in [6.07, 6.45) is 3.43. The van der Waals surface area contributed by atoms with Crippen LogP contribution in [0.1, 0.15) is 10.5 Å². The molecule has 1 amide bonds. The minimum absolute atomic E-state index is 0.260. The smallest absolute Gasteiger partial charge is 0.274 e. The molecule has 1 fully saturated rings. The highest BCUT2D eigenvalue weighted by Crippen LogP contribution is 2.25. The second kappa shape index (κ2) is 8.72. The molecule has 0 aliphatic carbocycles. The summed E-state index contributed by atoms with van der Waals surface area (Å²) in [4.78, 5) is 31.3. The molecule has 32 heavy (non-hydrogen) atoms. The van der Waals surface area contributed by atoms with E-state index in [1.165, 1.54) is 0 Å². The van der Waals surface area contributed by atoms with Crippen LogP contribution in [0.4, 0.5) is 11.5 Å². The summed E-state index contributed by atoms with van der Waals surface area (Å²) >= 11 is 0. The van der Waals surface area contributed by atoms with Gasteiger partial charge in [0, 0.05) is 61.3 Å². The van der Waals surface area contributed by atoms with Gasteiger partial charge in [0.2, 0.25) is 0 Å². The zero-order chi connectivity index (χ0) is 21.9. The molecular weight excluding hydrogens is 400 g/mol. The van der Waals surface area contributed by atoms with Crippen molar-refractivity contribution in [3.8, 4) is 11.4 Å². The summed E-state index contributed by atoms with van der Waals surface area (Å²) in [6, 6.07) is 19.4. The van der Waals surface area contributed by atoms with Crippen molar-refractivity contribution in [2.24, 2.45) is 0 Å². The number of benzene rings is 2. The van der Waals surface area contributed by atoms with Gasteiger partial charge < -0.3 is 15.1 Å². The van der Waals surface area contributed by atoms with E-state index in [-0.39, 0.29) is 5.91 Å². The highest BCUT2D eigenvalue weighted by Gasteiger charge is 2.20. The Labute approximate surface area is 186 Å². The minimum Gasteiger partial charge on any atom is -0.354 e. The van der Waals surface area contributed by atoms with E-state index in [2.05, 4.69) is 32.1 Å². The fourth-order valence-electron chi connectivity index (χ4n) is 3.89. The van der Waals surface area contributed by atoms with Gasteiger partial charge in [0.15, 0.2) is 5.82 Å². The molecule has 0 unspecified atom stereocenters. The van der Waals surface area contributed by atoms with Gasteiger partial charge >= 0.3 is 0 Å². The van der Waals surface area contributed by atoms with Crippen molar-refractivity contribution in [2.45, 2.75) is 0 Å². The van der Waals surface area contributed by atoms with Crippen molar-refractivity contribution in [3.63, 3.8) is 0 Å². The first-order chi connectivity index (χ1) is 15.7. The molecule has 1 aliphatic rings. The number of carbonyl (C=O) groups is 1. The first-order valence-electron chi connectivity index (χ1n) is 10.7. The number of nitrogens with zero attached hydrogens (tertiary/aromatic N) is 5. The van der Waals surface area contributed by atoms with Gasteiger partial charge in [0.1, 0.15) is 11.5 Å². The summed E-state index contributed by atoms with van der Waals surface area (Å²) in [5.74, 6) is 0.997. The quantitative estimate of drug-likeness (QED) is 0.539. The molecule has 2 aromatic carbocycles. The van der Waals surface area contributed by atoms with Crippen LogP contribution in [0.3, 0.4) is 0 Å². The number of likely N-dealkylation sites (N-methyl/N-ethyl adjacent to an activating group) is 1. The number of carbonyl (C=O) groups excluding carboxylic acids is 1. The number of nitrogens with one attached hydrogen (secondary N) is 1. The van der Waals surface area contributed by atoms with Gasteiger partial charge in [-0.25, -0.2) is 9.97 Å². The predicted molar refractivity (Wildman–Crippen MR) is 127 cm³/mol. The fraction of sp³-hybridized carbons (Fsp3) is 0.200. The highest BCUT2D eigenvalue weighted by molar-refractivity contribution is 6.08. The van der Waals surface area contributed by atoms with Crippen molar-refractivity contribution >= 4 is 28.2 Å². The molecule has 7 nitrogen and oxygen atoms in total. The van der Waals surface area contributed by atoms with E-state index in [9.17, 15) is 4.79 Å². The lowest BCUT2D eigenvalue weighted by Gasteiger charge is -2.33. The summed E-state index contributed by atoms with van der Waals surface area (Å²) in [7, 11) is 2.11. The number of hydrogen-bond donors (Lipinski definition) is 1. The summed E-state index contributed by atoms with van der Waals surface area (Å²) in [5.41, 5.74) is 1.87. The number of aromatic nitrogens is 3. The molecule has 0 saturated carbocycles. The number of pyridine rings is 1. The van der Waals surface area contributed by atoms with Crippen molar-refractivity contribution < 1.29 is 4.79 Å². The third kappa shape index (κ3) is 4.15. The first kappa shape index (κ1) is 20.1. The lowest BCUT2D eigenvalue weighted by atomic mass is 10.1. The third-order valence-electron chi connectivity index (χ3n) is 5.73. The Bertz CT molecular complexity index is 1250. The monoisotopic (exact) mass is 424 g/mol. The van der Waals surface area contributed by atoms with Crippen LogP contribution >= 0.6 is 0 Å². The number of anilines is 2. The summed E-state index contributed by atoms with van der Waals surface area (Å²) in [5, 5.41) is 5.11. The topological polar surface area (TPSA) is 74.2 Å². The number of amides is 1. The van der Waals surface area contributed by atoms with Crippen molar-refractivity contribution in [1.29, 1.82) is 0 Å². The zero-order valence-electron chi connectivity index (χ0n) is 17.9. The second-order valence-electron chi connectivity index (χ2n) is 7.95. The predicted octanol–water partition coefficient (Wildman–Crippen LogP) is 3.70. The maximum absolute atomic E-state index is 13.3. The minimum atomic E-state index is -0.260. The molecule has 1 saturated heterocycles. The molecule has 0 radical (unpaired) electrons.